The summed E-state index contributed by atoms with van der Waals surface area (Å²) in [5, 5.41) is 7.12. The molecule has 4 heteroatoms. The number of nitrogens with two attached hydrogens (primary N) is 1. The Labute approximate surface area is 90.1 Å². The minimum absolute atomic E-state index is 0. The Morgan fingerprint density at radius 3 is 2.43 bits per heavy atom. The van der Waals surface area contributed by atoms with Gasteiger partial charge in [-0.25, -0.2) is 0 Å². The molecule has 0 amide bonds. The van der Waals surface area contributed by atoms with E-state index in [2.05, 4.69) is 0 Å². The minimum atomic E-state index is 0. The van der Waals surface area contributed by atoms with Gasteiger partial charge < -0.3 is 10.6 Å². The molecule has 0 spiro atoms. The number of nitrogens with zero attached hydrogens (tertiary/aromatic N) is 1. The third-order valence-electron chi connectivity index (χ3n) is 1.67. The summed E-state index contributed by atoms with van der Waals surface area (Å²) in [6.07, 6.45) is 3.67. The second-order valence-corrected chi connectivity index (χ2v) is 2.72. The van der Waals surface area contributed by atoms with Crippen LogP contribution in [0, 0.1) is 5.41 Å². The SMILES string of the molecule is CN(C=Cc1ccccc1)C(=N)N.Cl. The Morgan fingerprint density at radius 2 is 1.93 bits per heavy atom. The van der Waals surface area contributed by atoms with Crippen LogP contribution in [0.4, 0.5) is 0 Å². The lowest BCUT2D eigenvalue weighted by atomic mass is 10.2. The molecule has 1 rings (SSSR count). The summed E-state index contributed by atoms with van der Waals surface area (Å²) in [6.45, 7) is 0. The highest BCUT2D eigenvalue weighted by atomic mass is 35.5. The topological polar surface area (TPSA) is 53.1 Å². The third kappa shape index (κ3) is 3.96. The van der Waals surface area contributed by atoms with Gasteiger partial charge in [-0.15, -0.1) is 12.4 Å². The molecule has 0 aliphatic heterocycles. The van der Waals surface area contributed by atoms with E-state index in [0.717, 1.165) is 5.56 Å². The predicted octanol–water partition coefficient (Wildman–Crippen LogP) is 1.90. The van der Waals surface area contributed by atoms with Crippen LogP contribution in [-0.4, -0.2) is 17.9 Å². The highest BCUT2D eigenvalue weighted by molar-refractivity contribution is 5.85. The maximum absolute atomic E-state index is 7.12. The molecule has 1 aromatic rings. The summed E-state index contributed by atoms with van der Waals surface area (Å²) in [6, 6.07) is 9.88. The van der Waals surface area contributed by atoms with Gasteiger partial charge in [0.25, 0.3) is 0 Å². The molecule has 0 aliphatic rings. The second kappa shape index (κ2) is 6.05. The van der Waals surface area contributed by atoms with Crippen molar-refractivity contribution in [3.63, 3.8) is 0 Å². The van der Waals surface area contributed by atoms with E-state index in [0.29, 0.717) is 0 Å². The van der Waals surface area contributed by atoms with Crippen LogP contribution in [0.3, 0.4) is 0 Å². The van der Waals surface area contributed by atoms with Gasteiger partial charge in [0, 0.05) is 13.2 Å². The summed E-state index contributed by atoms with van der Waals surface area (Å²) < 4.78 is 0. The van der Waals surface area contributed by atoms with Crippen molar-refractivity contribution in [1.29, 1.82) is 5.41 Å². The van der Waals surface area contributed by atoms with Gasteiger partial charge in [-0.1, -0.05) is 30.3 Å². The Kier molecular flexibility index (Phi) is 5.41. The van der Waals surface area contributed by atoms with Crippen molar-refractivity contribution >= 4 is 24.4 Å². The Balaban J connectivity index is 0.00000169. The normalized spacial score (nSPS) is 9.50. The first-order valence-corrected chi connectivity index (χ1v) is 4.00. The van der Waals surface area contributed by atoms with Gasteiger partial charge in [0.1, 0.15) is 0 Å². The van der Waals surface area contributed by atoms with Crippen LogP contribution in [-0.2, 0) is 0 Å². The Morgan fingerprint density at radius 1 is 1.36 bits per heavy atom. The van der Waals surface area contributed by atoms with E-state index in [4.69, 9.17) is 11.1 Å². The quantitative estimate of drug-likeness (QED) is 0.580. The van der Waals surface area contributed by atoms with Gasteiger partial charge in [0.2, 0.25) is 0 Å². The largest absolute Gasteiger partial charge is 0.370 e. The molecule has 76 valence electrons. The lowest BCUT2D eigenvalue weighted by Crippen LogP contribution is -2.27. The van der Waals surface area contributed by atoms with E-state index in [1.807, 2.05) is 36.4 Å². The summed E-state index contributed by atoms with van der Waals surface area (Å²) >= 11 is 0. The van der Waals surface area contributed by atoms with Gasteiger partial charge in [-0.2, -0.15) is 0 Å². The van der Waals surface area contributed by atoms with Gasteiger partial charge >= 0.3 is 0 Å². The number of guanidine groups is 1. The van der Waals surface area contributed by atoms with E-state index in [1.54, 1.807) is 18.1 Å². The fraction of sp³-hybridized carbons (Fsp3) is 0.100. The average molecular weight is 212 g/mol. The van der Waals surface area contributed by atoms with Crippen LogP contribution < -0.4 is 5.73 Å². The van der Waals surface area contributed by atoms with E-state index in [-0.39, 0.29) is 18.4 Å². The van der Waals surface area contributed by atoms with Crippen LogP contribution in [0.2, 0.25) is 0 Å². The van der Waals surface area contributed by atoms with E-state index < -0.39 is 0 Å². The van der Waals surface area contributed by atoms with Crippen molar-refractivity contribution in [2.45, 2.75) is 0 Å². The first kappa shape index (κ1) is 12.5. The lowest BCUT2D eigenvalue weighted by Gasteiger charge is -2.09. The first-order chi connectivity index (χ1) is 6.20. The van der Waals surface area contributed by atoms with Gasteiger partial charge in [-0.05, 0) is 11.6 Å². The van der Waals surface area contributed by atoms with Crippen LogP contribution in [0.15, 0.2) is 36.5 Å². The summed E-state index contributed by atoms with van der Waals surface area (Å²) in [5.41, 5.74) is 6.35. The molecule has 0 radical (unpaired) electrons. The highest BCUT2D eigenvalue weighted by Crippen LogP contribution is 2.01. The molecule has 0 fully saturated rings. The van der Waals surface area contributed by atoms with Crippen molar-refractivity contribution in [2.24, 2.45) is 5.73 Å². The van der Waals surface area contributed by atoms with E-state index in [1.165, 1.54) is 0 Å². The minimum Gasteiger partial charge on any atom is -0.370 e. The molecule has 3 nitrogen and oxygen atoms in total. The van der Waals surface area contributed by atoms with Crippen molar-refractivity contribution in [1.82, 2.24) is 4.90 Å². The molecule has 1 aromatic carbocycles. The standard InChI is InChI=1S/C10H13N3.ClH/c1-13(10(11)12)8-7-9-5-3-2-4-6-9;/h2-8H,1H3,(H3,11,12);1H. The molecular formula is C10H14ClN3. The maximum atomic E-state index is 7.12. The van der Waals surface area contributed by atoms with Gasteiger partial charge in [0.15, 0.2) is 5.96 Å². The number of rotatable bonds is 2. The Bertz CT molecular complexity index is 308. The molecule has 3 N–H and O–H groups in total. The molecule has 14 heavy (non-hydrogen) atoms. The third-order valence-corrected chi connectivity index (χ3v) is 1.67. The average Bonchev–Trinajstić information content (AvgIpc) is 2.15. The fourth-order valence-corrected chi connectivity index (χ4v) is 0.842. The molecule has 0 saturated carbocycles. The highest BCUT2D eigenvalue weighted by Gasteiger charge is 1.91. The van der Waals surface area contributed by atoms with Crippen molar-refractivity contribution in [2.75, 3.05) is 7.05 Å². The van der Waals surface area contributed by atoms with Crippen LogP contribution >= 0.6 is 12.4 Å². The molecule has 0 aliphatic carbocycles. The number of hydrogen-bond acceptors (Lipinski definition) is 1. The second-order valence-electron chi connectivity index (χ2n) is 2.72. The molecular weight excluding hydrogens is 198 g/mol. The molecule has 0 heterocycles. The van der Waals surface area contributed by atoms with Crippen LogP contribution in [0.1, 0.15) is 5.56 Å². The Hall–Kier alpha value is -1.48. The van der Waals surface area contributed by atoms with Crippen molar-refractivity contribution < 1.29 is 0 Å². The lowest BCUT2D eigenvalue weighted by molar-refractivity contribution is 0.676. The maximum Gasteiger partial charge on any atom is 0.192 e. The smallest absolute Gasteiger partial charge is 0.192 e. The summed E-state index contributed by atoms with van der Waals surface area (Å²) in [7, 11) is 1.74. The number of hydrogen-bond donors (Lipinski definition) is 2. The molecule has 0 atom stereocenters. The summed E-state index contributed by atoms with van der Waals surface area (Å²) in [4.78, 5) is 1.55. The first-order valence-electron chi connectivity index (χ1n) is 4.00. The number of nitrogens with one attached hydrogen (secondary N) is 1. The fourth-order valence-electron chi connectivity index (χ4n) is 0.842. The van der Waals surface area contributed by atoms with E-state index >= 15 is 0 Å². The zero-order valence-electron chi connectivity index (χ0n) is 7.97. The predicted molar refractivity (Wildman–Crippen MR) is 62.4 cm³/mol. The zero-order chi connectivity index (χ0) is 9.68. The molecule has 0 saturated heterocycles. The van der Waals surface area contributed by atoms with Gasteiger partial charge in [-0.3, -0.25) is 5.41 Å². The van der Waals surface area contributed by atoms with Crippen molar-refractivity contribution in [3.05, 3.63) is 42.1 Å². The van der Waals surface area contributed by atoms with Gasteiger partial charge in [0.05, 0.1) is 0 Å². The number of halogens is 1. The molecule has 0 aromatic heterocycles. The molecule has 0 unspecified atom stereocenters. The van der Waals surface area contributed by atoms with Crippen molar-refractivity contribution in [3.8, 4) is 0 Å². The summed E-state index contributed by atoms with van der Waals surface area (Å²) in [5.74, 6) is 0.0344. The monoisotopic (exact) mass is 211 g/mol. The zero-order valence-corrected chi connectivity index (χ0v) is 8.79. The number of benzene rings is 1. The van der Waals surface area contributed by atoms with Crippen LogP contribution in [0.5, 0.6) is 0 Å². The molecule has 0 bridgehead atoms. The van der Waals surface area contributed by atoms with E-state index in [9.17, 15) is 0 Å². The van der Waals surface area contributed by atoms with Crippen LogP contribution in [0.25, 0.3) is 6.08 Å².